The predicted octanol–water partition coefficient (Wildman–Crippen LogP) is 3.35. The van der Waals surface area contributed by atoms with Gasteiger partial charge in [-0.2, -0.15) is 0 Å². The Balaban J connectivity index is 1.71. The van der Waals surface area contributed by atoms with Gasteiger partial charge in [-0.15, -0.1) is 0 Å². The number of fused-ring (bicyclic) bond motifs is 1. The Bertz CT molecular complexity index is 444. The van der Waals surface area contributed by atoms with Gasteiger partial charge >= 0.3 is 0 Å². The van der Waals surface area contributed by atoms with Gasteiger partial charge in [-0.05, 0) is 37.3 Å². The first kappa shape index (κ1) is 13.9. The van der Waals surface area contributed by atoms with Crippen molar-refractivity contribution in [1.29, 1.82) is 0 Å². The summed E-state index contributed by atoms with van der Waals surface area (Å²) in [5.74, 6) is 0.939. The summed E-state index contributed by atoms with van der Waals surface area (Å²) in [7, 11) is 0. The van der Waals surface area contributed by atoms with Crippen molar-refractivity contribution in [2.24, 2.45) is 5.92 Å². The largest absolute Gasteiger partial charge is 0.368 e. The number of rotatable bonds is 4. The molecule has 3 nitrogen and oxygen atoms in total. The first-order valence-electron chi connectivity index (χ1n) is 8.19. The van der Waals surface area contributed by atoms with Gasteiger partial charge in [-0.1, -0.05) is 26.7 Å². The monoisotopic (exact) mass is 273 g/mol. The molecule has 1 aliphatic heterocycles. The average Bonchev–Trinajstić information content (AvgIpc) is 2.89. The van der Waals surface area contributed by atoms with E-state index < -0.39 is 0 Å². The average molecular weight is 273 g/mol. The summed E-state index contributed by atoms with van der Waals surface area (Å²) < 4.78 is 0. The molecular weight excluding hydrogens is 246 g/mol. The summed E-state index contributed by atoms with van der Waals surface area (Å²) in [6.45, 7) is 6.46. The van der Waals surface area contributed by atoms with Crippen LogP contribution in [-0.2, 0) is 6.54 Å². The lowest BCUT2D eigenvalue weighted by atomic mass is 9.85. The van der Waals surface area contributed by atoms with E-state index in [4.69, 9.17) is 0 Å². The fourth-order valence-corrected chi connectivity index (χ4v) is 3.78. The van der Waals surface area contributed by atoms with Crippen LogP contribution in [0.3, 0.4) is 0 Å². The normalized spacial score (nSPS) is 26.1. The molecule has 2 atom stereocenters. The lowest BCUT2D eigenvalue weighted by molar-refractivity contribution is 0.342. The lowest BCUT2D eigenvalue weighted by Gasteiger charge is -2.33. The van der Waals surface area contributed by atoms with E-state index in [1.807, 2.05) is 6.20 Å². The third kappa shape index (κ3) is 2.98. The standard InChI is InChI=1S/C17H27N3/c1-13(2)19-12-15-11-16(7-9-18-15)20-10-8-14-5-3-4-6-17(14)20/h7,9,11,13-14,17,19H,3-6,8,10,12H2,1-2H3. The molecule has 1 aromatic heterocycles. The van der Waals surface area contributed by atoms with Crippen LogP contribution in [-0.4, -0.2) is 23.6 Å². The molecule has 110 valence electrons. The molecule has 1 aromatic rings. The highest BCUT2D eigenvalue weighted by Crippen LogP contribution is 2.38. The maximum Gasteiger partial charge on any atom is 0.0562 e. The molecule has 0 spiro atoms. The minimum absolute atomic E-state index is 0.509. The van der Waals surface area contributed by atoms with E-state index in [0.717, 1.165) is 24.2 Å². The topological polar surface area (TPSA) is 28.2 Å². The molecule has 3 rings (SSSR count). The van der Waals surface area contributed by atoms with Gasteiger partial charge in [0.1, 0.15) is 0 Å². The molecular formula is C17H27N3. The Labute approximate surface area is 122 Å². The van der Waals surface area contributed by atoms with Gasteiger partial charge in [0.2, 0.25) is 0 Å². The third-order valence-corrected chi connectivity index (χ3v) is 4.83. The molecule has 2 aliphatic rings. The zero-order valence-electron chi connectivity index (χ0n) is 12.8. The molecule has 0 aromatic carbocycles. The van der Waals surface area contributed by atoms with E-state index in [1.54, 1.807) is 0 Å². The van der Waals surface area contributed by atoms with Crippen molar-refractivity contribution in [2.75, 3.05) is 11.4 Å². The molecule has 20 heavy (non-hydrogen) atoms. The minimum atomic E-state index is 0.509. The number of nitrogens with zero attached hydrogens (tertiary/aromatic N) is 2. The van der Waals surface area contributed by atoms with Gasteiger partial charge in [0.15, 0.2) is 0 Å². The lowest BCUT2D eigenvalue weighted by Crippen LogP contribution is -2.34. The van der Waals surface area contributed by atoms with E-state index >= 15 is 0 Å². The van der Waals surface area contributed by atoms with Crippen molar-refractivity contribution in [3.8, 4) is 0 Å². The van der Waals surface area contributed by atoms with Crippen LogP contribution in [0.1, 0.15) is 51.6 Å². The smallest absolute Gasteiger partial charge is 0.0562 e. The third-order valence-electron chi connectivity index (χ3n) is 4.83. The van der Waals surface area contributed by atoms with Crippen LogP contribution < -0.4 is 10.2 Å². The fourth-order valence-electron chi connectivity index (χ4n) is 3.78. The van der Waals surface area contributed by atoms with E-state index in [-0.39, 0.29) is 0 Å². The van der Waals surface area contributed by atoms with Crippen molar-refractivity contribution >= 4 is 5.69 Å². The fraction of sp³-hybridized carbons (Fsp3) is 0.706. The van der Waals surface area contributed by atoms with Crippen LogP contribution in [0.2, 0.25) is 0 Å². The summed E-state index contributed by atoms with van der Waals surface area (Å²) in [6.07, 6.45) is 9.02. The molecule has 2 heterocycles. The predicted molar refractivity (Wildman–Crippen MR) is 83.9 cm³/mol. The molecule has 1 N–H and O–H groups in total. The van der Waals surface area contributed by atoms with Crippen molar-refractivity contribution in [2.45, 2.75) is 64.6 Å². The SMILES string of the molecule is CC(C)NCc1cc(N2CCC3CCCCC32)ccn1. The van der Waals surface area contributed by atoms with Gasteiger partial charge in [0, 0.05) is 37.1 Å². The van der Waals surface area contributed by atoms with Crippen LogP contribution in [0.5, 0.6) is 0 Å². The molecule has 0 amide bonds. The Hall–Kier alpha value is -1.09. The Morgan fingerprint density at radius 2 is 2.15 bits per heavy atom. The number of nitrogens with one attached hydrogen (secondary N) is 1. The van der Waals surface area contributed by atoms with Gasteiger partial charge in [-0.25, -0.2) is 0 Å². The molecule has 1 saturated heterocycles. The van der Waals surface area contributed by atoms with Crippen molar-refractivity contribution in [3.63, 3.8) is 0 Å². The van der Waals surface area contributed by atoms with Crippen LogP contribution in [0.15, 0.2) is 18.3 Å². The molecule has 2 fully saturated rings. The summed E-state index contributed by atoms with van der Waals surface area (Å²) in [5.41, 5.74) is 2.55. The number of hydrogen-bond acceptors (Lipinski definition) is 3. The molecule has 0 radical (unpaired) electrons. The number of pyridine rings is 1. The van der Waals surface area contributed by atoms with E-state index in [0.29, 0.717) is 6.04 Å². The van der Waals surface area contributed by atoms with Crippen molar-refractivity contribution in [3.05, 3.63) is 24.0 Å². The zero-order chi connectivity index (χ0) is 13.9. The summed E-state index contributed by atoms with van der Waals surface area (Å²) in [6, 6.07) is 5.77. The van der Waals surface area contributed by atoms with Gasteiger partial charge < -0.3 is 10.2 Å². The Morgan fingerprint density at radius 1 is 1.30 bits per heavy atom. The summed E-state index contributed by atoms with van der Waals surface area (Å²) >= 11 is 0. The van der Waals surface area contributed by atoms with Gasteiger partial charge in [0.25, 0.3) is 0 Å². The number of aromatic nitrogens is 1. The quantitative estimate of drug-likeness (QED) is 0.912. The van der Waals surface area contributed by atoms with Crippen LogP contribution in [0.25, 0.3) is 0 Å². The second-order valence-corrected chi connectivity index (χ2v) is 6.63. The van der Waals surface area contributed by atoms with Gasteiger partial charge in [-0.3, -0.25) is 4.98 Å². The summed E-state index contributed by atoms with van der Waals surface area (Å²) in [5, 5.41) is 3.45. The summed E-state index contributed by atoms with van der Waals surface area (Å²) in [4.78, 5) is 7.14. The highest BCUT2D eigenvalue weighted by atomic mass is 15.2. The minimum Gasteiger partial charge on any atom is -0.368 e. The van der Waals surface area contributed by atoms with Crippen molar-refractivity contribution < 1.29 is 0 Å². The number of anilines is 1. The molecule has 1 aliphatic carbocycles. The Morgan fingerprint density at radius 3 is 3.00 bits per heavy atom. The second kappa shape index (κ2) is 6.13. The molecule has 0 bridgehead atoms. The molecule has 3 heteroatoms. The van der Waals surface area contributed by atoms with E-state index in [9.17, 15) is 0 Å². The van der Waals surface area contributed by atoms with Gasteiger partial charge in [0.05, 0.1) is 5.69 Å². The Kier molecular flexibility index (Phi) is 4.25. The zero-order valence-corrected chi connectivity index (χ0v) is 12.8. The maximum atomic E-state index is 4.50. The highest BCUT2D eigenvalue weighted by molar-refractivity contribution is 5.49. The van der Waals surface area contributed by atoms with E-state index in [1.165, 1.54) is 44.3 Å². The second-order valence-electron chi connectivity index (χ2n) is 6.63. The number of hydrogen-bond donors (Lipinski definition) is 1. The van der Waals surface area contributed by atoms with Crippen LogP contribution in [0, 0.1) is 5.92 Å². The van der Waals surface area contributed by atoms with Crippen molar-refractivity contribution in [1.82, 2.24) is 10.3 Å². The first-order chi connectivity index (χ1) is 9.74. The van der Waals surface area contributed by atoms with E-state index in [2.05, 4.69) is 41.2 Å². The molecule has 1 saturated carbocycles. The first-order valence-corrected chi connectivity index (χ1v) is 8.19. The highest BCUT2D eigenvalue weighted by Gasteiger charge is 2.35. The maximum absolute atomic E-state index is 4.50. The van der Waals surface area contributed by atoms with Crippen LogP contribution in [0.4, 0.5) is 5.69 Å². The van der Waals surface area contributed by atoms with Crippen LogP contribution >= 0.6 is 0 Å². The molecule has 2 unspecified atom stereocenters.